The molecular formula is C20H28FN3O3. The van der Waals surface area contributed by atoms with Crippen LogP contribution in [0.2, 0.25) is 0 Å². The highest BCUT2D eigenvalue weighted by atomic mass is 19.1. The minimum absolute atomic E-state index is 0.0334. The Kier molecular flexibility index (Phi) is 5.16. The summed E-state index contributed by atoms with van der Waals surface area (Å²) < 4.78 is 18.6. The summed E-state index contributed by atoms with van der Waals surface area (Å²) in [5.74, 6) is -0.190. The van der Waals surface area contributed by atoms with Crippen LogP contribution in [-0.4, -0.2) is 49.0 Å². The van der Waals surface area contributed by atoms with Crippen molar-refractivity contribution in [1.82, 2.24) is 10.2 Å². The Hall–Kier alpha value is -2.15. The first-order chi connectivity index (χ1) is 12.6. The van der Waals surface area contributed by atoms with Crippen molar-refractivity contribution in [3.63, 3.8) is 0 Å². The Morgan fingerprint density at radius 3 is 2.52 bits per heavy atom. The predicted octanol–water partition coefficient (Wildman–Crippen LogP) is 2.40. The second-order valence-electron chi connectivity index (χ2n) is 8.92. The van der Waals surface area contributed by atoms with E-state index in [1.165, 1.54) is 19.2 Å². The molecule has 2 fully saturated rings. The Morgan fingerprint density at radius 2 is 1.93 bits per heavy atom. The molecule has 1 saturated heterocycles. The van der Waals surface area contributed by atoms with Gasteiger partial charge in [-0.2, -0.15) is 0 Å². The second kappa shape index (κ2) is 7.11. The molecule has 1 spiro atoms. The summed E-state index contributed by atoms with van der Waals surface area (Å²) in [7, 11) is 1.46. The monoisotopic (exact) mass is 377 g/mol. The molecule has 0 atom stereocenters. The van der Waals surface area contributed by atoms with Crippen LogP contribution < -0.4 is 15.4 Å². The van der Waals surface area contributed by atoms with Crippen LogP contribution in [0.15, 0.2) is 18.2 Å². The zero-order valence-corrected chi connectivity index (χ0v) is 16.4. The summed E-state index contributed by atoms with van der Waals surface area (Å²) >= 11 is 0. The maximum absolute atomic E-state index is 13.5. The van der Waals surface area contributed by atoms with Crippen LogP contribution in [0.1, 0.15) is 33.6 Å². The number of nitrogens with zero attached hydrogens (tertiary/aromatic N) is 1. The number of methoxy groups -OCH3 is 1. The number of amides is 2. The van der Waals surface area contributed by atoms with E-state index in [1.54, 1.807) is 6.07 Å². The van der Waals surface area contributed by atoms with E-state index in [-0.39, 0.29) is 28.7 Å². The van der Waals surface area contributed by atoms with Gasteiger partial charge >= 0.3 is 0 Å². The molecule has 1 saturated carbocycles. The molecule has 2 aliphatic rings. The number of anilines is 1. The Bertz CT molecular complexity index is 730. The largest absolute Gasteiger partial charge is 0.497 e. The van der Waals surface area contributed by atoms with Crippen LogP contribution in [0.4, 0.5) is 10.1 Å². The number of hydrogen-bond donors (Lipinski definition) is 2. The SMILES string of the molecule is COc1cc(F)cc(NC(=O)C2CC3(C2)CN(CC(=O)NC(C)(C)C)C3)c1. The topological polar surface area (TPSA) is 70.7 Å². The van der Waals surface area contributed by atoms with Crippen molar-refractivity contribution >= 4 is 17.5 Å². The number of halogens is 1. The van der Waals surface area contributed by atoms with Gasteiger partial charge in [-0.05, 0) is 45.1 Å². The summed E-state index contributed by atoms with van der Waals surface area (Å²) in [5.41, 5.74) is 0.342. The molecule has 6 nitrogen and oxygen atoms in total. The first kappa shape index (κ1) is 19.6. The maximum Gasteiger partial charge on any atom is 0.234 e. The normalized spacial score (nSPS) is 19.1. The molecule has 1 aliphatic carbocycles. The zero-order chi connectivity index (χ0) is 19.8. The summed E-state index contributed by atoms with van der Waals surface area (Å²) in [6.45, 7) is 7.99. The molecule has 2 amide bonds. The van der Waals surface area contributed by atoms with Gasteiger partial charge in [-0.15, -0.1) is 0 Å². The zero-order valence-electron chi connectivity index (χ0n) is 16.4. The van der Waals surface area contributed by atoms with Crippen molar-refractivity contribution in [2.24, 2.45) is 11.3 Å². The van der Waals surface area contributed by atoms with Gasteiger partial charge in [-0.25, -0.2) is 4.39 Å². The van der Waals surface area contributed by atoms with Crippen molar-refractivity contribution in [3.05, 3.63) is 24.0 Å². The van der Waals surface area contributed by atoms with Crippen molar-refractivity contribution in [3.8, 4) is 5.75 Å². The highest BCUT2D eigenvalue weighted by Crippen LogP contribution is 2.52. The molecule has 1 aliphatic heterocycles. The van der Waals surface area contributed by atoms with Crippen LogP contribution in [0.25, 0.3) is 0 Å². The minimum Gasteiger partial charge on any atom is -0.497 e. The van der Waals surface area contributed by atoms with Gasteiger partial charge in [0.1, 0.15) is 11.6 Å². The van der Waals surface area contributed by atoms with Gasteiger partial charge in [0.05, 0.1) is 13.7 Å². The smallest absolute Gasteiger partial charge is 0.234 e. The highest BCUT2D eigenvalue weighted by Gasteiger charge is 2.54. The fourth-order valence-corrected chi connectivity index (χ4v) is 4.10. The highest BCUT2D eigenvalue weighted by molar-refractivity contribution is 5.93. The number of benzene rings is 1. The lowest BCUT2D eigenvalue weighted by Gasteiger charge is -2.58. The molecule has 0 radical (unpaired) electrons. The fourth-order valence-electron chi connectivity index (χ4n) is 4.10. The molecule has 27 heavy (non-hydrogen) atoms. The standard InChI is InChI=1S/C20H28FN3O3/c1-19(2,3)23-17(25)10-24-11-20(12-24)8-13(9-20)18(26)22-15-5-14(21)6-16(7-15)27-4/h5-7,13H,8-12H2,1-4H3,(H,22,26)(H,23,25). The van der Waals surface area contributed by atoms with E-state index in [9.17, 15) is 14.0 Å². The lowest BCUT2D eigenvalue weighted by atomic mass is 9.57. The lowest BCUT2D eigenvalue weighted by molar-refractivity contribution is -0.144. The molecule has 0 bridgehead atoms. The van der Waals surface area contributed by atoms with Crippen molar-refractivity contribution in [2.75, 3.05) is 32.1 Å². The molecule has 2 N–H and O–H groups in total. The number of carbonyl (C=O) groups excluding carboxylic acids is 2. The number of nitrogens with one attached hydrogen (secondary N) is 2. The quantitative estimate of drug-likeness (QED) is 0.827. The summed E-state index contributed by atoms with van der Waals surface area (Å²) in [6.07, 6.45) is 1.62. The molecular weight excluding hydrogens is 349 g/mol. The van der Waals surface area contributed by atoms with E-state index in [0.717, 1.165) is 25.9 Å². The van der Waals surface area contributed by atoms with Gasteiger partial charge in [0.25, 0.3) is 0 Å². The average Bonchev–Trinajstić information content (AvgIpc) is 2.45. The third kappa shape index (κ3) is 4.77. The van der Waals surface area contributed by atoms with E-state index >= 15 is 0 Å². The molecule has 0 unspecified atom stereocenters. The predicted molar refractivity (Wildman–Crippen MR) is 101 cm³/mol. The summed E-state index contributed by atoms with van der Waals surface area (Å²) in [4.78, 5) is 26.5. The van der Waals surface area contributed by atoms with Crippen LogP contribution in [-0.2, 0) is 9.59 Å². The molecule has 0 aromatic heterocycles. The third-order valence-electron chi connectivity index (χ3n) is 5.10. The Morgan fingerprint density at radius 1 is 1.26 bits per heavy atom. The molecule has 1 aromatic rings. The van der Waals surface area contributed by atoms with Gasteiger partial charge in [0.2, 0.25) is 11.8 Å². The first-order valence-corrected chi connectivity index (χ1v) is 9.26. The van der Waals surface area contributed by atoms with E-state index in [0.29, 0.717) is 18.0 Å². The van der Waals surface area contributed by atoms with E-state index in [2.05, 4.69) is 15.5 Å². The molecule has 7 heteroatoms. The summed E-state index contributed by atoms with van der Waals surface area (Å²) in [6, 6.07) is 4.16. The molecule has 1 aromatic carbocycles. The molecule has 148 valence electrons. The number of likely N-dealkylation sites (tertiary alicyclic amines) is 1. The van der Waals surface area contributed by atoms with Gasteiger partial charge in [0.15, 0.2) is 0 Å². The van der Waals surface area contributed by atoms with Crippen LogP contribution in [0, 0.1) is 17.2 Å². The molecule has 3 rings (SSSR count). The van der Waals surface area contributed by atoms with E-state index < -0.39 is 5.82 Å². The van der Waals surface area contributed by atoms with Crippen LogP contribution in [0.5, 0.6) is 5.75 Å². The van der Waals surface area contributed by atoms with Gasteiger partial charge in [0, 0.05) is 42.4 Å². The van der Waals surface area contributed by atoms with E-state index in [1.807, 2.05) is 20.8 Å². The lowest BCUT2D eigenvalue weighted by Crippen LogP contribution is -2.65. The number of ether oxygens (including phenoxy) is 1. The first-order valence-electron chi connectivity index (χ1n) is 9.26. The minimum atomic E-state index is -0.446. The van der Waals surface area contributed by atoms with Crippen molar-refractivity contribution in [1.29, 1.82) is 0 Å². The summed E-state index contributed by atoms with van der Waals surface area (Å²) in [5, 5.41) is 5.74. The Labute approximate surface area is 159 Å². The van der Waals surface area contributed by atoms with Gasteiger partial charge in [-0.3, -0.25) is 14.5 Å². The van der Waals surface area contributed by atoms with Crippen LogP contribution >= 0.6 is 0 Å². The van der Waals surface area contributed by atoms with Gasteiger partial charge < -0.3 is 15.4 Å². The van der Waals surface area contributed by atoms with Gasteiger partial charge in [-0.1, -0.05) is 0 Å². The van der Waals surface area contributed by atoms with Crippen molar-refractivity contribution < 1.29 is 18.7 Å². The number of rotatable bonds is 5. The average molecular weight is 377 g/mol. The van der Waals surface area contributed by atoms with Crippen molar-refractivity contribution in [2.45, 2.75) is 39.2 Å². The fraction of sp³-hybridized carbons (Fsp3) is 0.600. The van der Waals surface area contributed by atoms with E-state index in [4.69, 9.17) is 4.74 Å². The maximum atomic E-state index is 13.5. The Balaban J connectivity index is 1.43. The third-order valence-corrected chi connectivity index (χ3v) is 5.10. The molecule has 1 heterocycles. The number of hydrogen-bond acceptors (Lipinski definition) is 4. The van der Waals surface area contributed by atoms with Crippen LogP contribution in [0.3, 0.4) is 0 Å². The number of carbonyl (C=O) groups is 2. The second-order valence-corrected chi connectivity index (χ2v) is 8.92.